The monoisotopic (exact) mass is 286 g/mol. The fraction of sp³-hybridized carbons (Fsp3) is 0.538. The molecule has 1 aromatic rings. The number of pyridine rings is 1. The Morgan fingerprint density at radius 2 is 2.05 bits per heavy atom. The van der Waals surface area contributed by atoms with E-state index in [2.05, 4.69) is 0 Å². The van der Waals surface area contributed by atoms with Crippen LogP contribution in [0.1, 0.15) is 29.2 Å². The third-order valence-corrected chi connectivity index (χ3v) is 3.55. The number of carboxylic acids is 1. The molecule has 1 aromatic heterocycles. The first kappa shape index (κ1) is 14.6. The molecular weight excluding hydrogens is 270 g/mol. The van der Waals surface area contributed by atoms with Gasteiger partial charge in [0.25, 0.3) is 12.0 Å². The second-order valence-electron chi connectivity index (χ2n) is 4.86. The van der Waals surface area contributed by atoms with E-state index < -0.39 is 18.0 Å². The summed E-state index contributed by atoms with van der Waals surface area (Å²) in [5, 5.41) is 8.92. The van der Waals surface area contributed by atoms with Gasteiger partial charge in [-0.3, -0.25) is 9.69 Å². The zero-order chi connectivity index (χ0) is 14.7. The lowest BCUT2D eigenvalue weighted by molar-refractivity contribution is 0.0674. The van der Waals surface area contributed by atoms with Gasteiger partial charge < -0.3 is 9.67 Å². The number of hydrogen-bond acceptors (Lipinski definition) is 3. The molecule has 0 atom stereocenters. The normalized spacial score (nSPS) is 17.6. The molecule has 1 saturated heterocycles. The number of halogens is 2. The predicted molar refractivity (Wildman–Crippen MR) is 68.4 cm³/mol. The standard InChI is InChI=1S/C13H16F2N2O3/c14-11(15)8-16-6-3-9(4-7-16)17-5-1-2-10(12(17)18)13(19)20/h1-2,5,9,11H,3-4,6-8H2,(H,19,20). The molecule has 2 heterocycles. The Hall–Kier alpha value is -1.76. The molecule has 0 aromatic carbocycles. The van der Waals surface area contributed by atoms with Crippen molar-refractivity contribution in [1.82, 2.24) is 9.47 Å². The molecule has 1 fully saturated rings. The highest BCUT2D eigenvalue weighted by atomic mass is 19.3. The molecule has 1 N–H and O–H groups in total. The molecule has 0 saturated carbocycles. The quantitative estimate of drug-likeness (QED) is 0.910. The smallest absolute Gasteiger partial charge is 0.341 e. The molecule has 7 heteroatoms. The lowest BCUT2D eigenvalue weighted by Crippen LogP contribution is -2.40. The highest BCUT2D eigenvalue weighted by Crippen LogP contribution is 2.21. The largest absolute Gasteiger partial charge is 0.477 e. The summed E-state index contributed by atoms with van der Waals surface area (Å²) in [5.41, 5.74) is -0.796. The Balaban J connectivity index is 2.10. The van der Waals surface area contributed by atoms with Crippen molar-refractivity contribution in [3.8, 4) is 0 Å². The predicted octanol–water partition coefficient (Wildman–Crippen LogP) is 1.45. The van der Waals surface area contributed by atoms with Crippen LogP contribution in [-0.2, 0) is 0 Å². The summed E-state index contributed by atoms with van der Waals surface area (Å²) in [6.45, 7) is 0.717. The van der Waals surface area contributed by atoms with Gasteiger partial charge >= 0.3 is 5.97 Å². The Bertz CT molecular complexity index is 537. The van der Waals surface area contributed by atoms with Gasteiger partial charge in [0.15, 0.2) is 0 Å². The Labute approximate surface area is 114 Å². The Morgan fingerprint density at radius 3 is 2.60 bits per heavy atom. The first-order valence-corrected chi connectivity index (χ1v) is 6.44. The van der Waals surface area contributed by atoms with E-state index >= 15 is 0 Å². The van der Waals surface area contributed by atoms with Crippen molar-refractivity contribution >= 4 is 5.97 Å². The molecule has 0 unspecified atom stereocenters. The topological polar surface area (TPSA) is 62.5 Å². The van der Waals surface area contributed by atoms with Crippen molar-refractivity contribution in [2.75, 3.05) is 19.6 Å². The van der Waals surface area contributed by atoms with E-state index in [-0.39, 0.29) is 18.2 Å². The minimum Gasteiger partial charge on any atom is -0.477 e. The van der Waals surface area contributed by atoms with Crippen molar-refractivity contribution in [1.29, 1.82) is 0 Å². The molecular formula is C13H16F2N2O3. The number of piperidine rings is 1. The van der Waals surface area contributed by atoms with Gasteiger partial charge in [-0.05, 0) is 25.0 Å². The number of likely N-dealkylation sites (tertiary alicyclic amines) is 1. The van der Waals surface area contributed by atoms with Gasteiger partial charge in [-0.15, -0.1) is 0 Å². The third-order valence-electron chi connectivity index (χ3n) is 3.55. The number of nitrogens with zero attached hydrogens (tertiary/aromatic N) is 2. The van der Waals surface area contributed by atoms with Gasteiger partial charge in [0.05, 0.1) is 6.54 Å². The summed E-state index contributed by atoms with van der Waals surface area (Å²) < 4.78 is 26.0. The fourth-order valence-electron chi connectivity index (χ4n) is 2.54. The van der Waals surface area contributed by atoms with Crippen LogP contribution in [0.3, 0.4) is 0 Å². The van der Waals surface area contributed by atoms with Crippen LogP contribution >= 0.6 is 0 Å². The summed E-state index contributed by atoms with van der Waals surface area (Å²) in [7, 11) is 0. The average molecular weight is 286 g/mol. The number of carbonyl (C=O) groups is 1. The van der Waals surface area contributed by atoms with Crippen LogP contribution in [0.5, 0.6) is 0 Å². The number of aromatic carboxylic acids is 1. The van der Waals surface area contributed by atoms with E-state index in [0.29, 0.717) is 25.9 Å². The van der Waals surface area contributed by atoms with Gasteiger partial charge in [-0.25, -0.2) is 13.6 Å². The average Bonchev–Trinajstić information content (AvgIpc) is 2.39. The molecule has 0 aliphatic carbocycles. The van der Waals surface area contributed by atoms with Crippen LogP contribution in [0.2, 0.25) is 0 Å². The SMILES string of the molecule is O=C(O)c1cccn(C2CCN(CC(F)F)CC2)c1=O. The van der Waals surface area contributed by atoms with Crippen LogP contribution in [0, 0.1) is 0 Å². The second-order valence-corrected chi connectivity index (χ2v) is 4.86. The summed E-state index contributed by atoms with van der Waals surface area (Å²) >= 11 is 0. The number of alkyl halides is 2. The molecule has 0 radical (unpaired) electrons. The van der Waals surface area contributed by atoms with Gasteiger partial charge in [0, 0.05) is 25.3 Å². The molecule has 20 heavy (non-hydrogen) atoms. The van der Waals surface area contributed by atoms with Crippen molar-refractivity contribution in [2.45, 2.75) is 25.3 Å². The zero-order valence-corrected chi connectivity index (χ0v) is 10.8. The highest BCUT2D eigenvalue weighted by Gasteiger charge is 2.24. The maximum absolute atomic E-state index is 12.3. The number of hydrogen-bond donors (Lipinski definition) is 1. The van der Waals surface area contributed by atoms with Crippen molar-refractivity contribution in [2.24, 2.45) is 0 Å². The minimum absolute atomic E-state index is 0.129. The Kier molecular flexibility index (Phi) is 4.49. The lowest BCUT2D eigenvalue weighted by Gasteiger charge is -2.32. The van der Waals surface area contributed by atoms with Crippen LogP contribution < -0.4 is 5.56 Å². The van der Waals surface area contributed by atoms with Gasteiger partial charge in [0.1, 0.15) is 5.56 Å². The van der Waals surface area contributed by atoms with Crippen molar-refractivity contribution in [3.05, 3.63) is 34.2 Å². The minimum atomic E-state index is -2.36. The van der Waals surface area contributed by atoms with E-state index in [0.717, 1.165) is 0 Å². The van der Waals surface area contributed by atoms with E-state index in [1.807, 2.05) is 0 Å². The number of carboxylic acid groups (broad SMARTS) is 1. The molecule has 0 amide bonds. The summed E-state index contributed by atoms with van der Waals surface area (Å²) in [5.74, 6) is -1.25. The van der Waals surface area contributed by atoms with Crippen LogP contribution in [0.25, 0.3) is 0 Å². The molecule has 1 aliphatic rings. The Morgan fingerprint density at radius 1 is 1.40 bits per heavy atom. The number of rotatable bonds is 4. The molecule has 0 spiro atoms. The maximum atomic E-state index is 12.3. The molecule has 110 valence electrons. The lowest BCUT2D eigenvalue weighted by atomic mass is 10.0. The van der Waals surface area contributed by atoms with E-state index in [1.54, 1.807) is 11.1 Å². The zero-order valence-electron chi connectivity index (χ0n) is 10.8. The van der Waals surface area contributed by atoms with E-state index in [9.17, 15) is 18.4 Å². The molecule has 0 bridgehead atoms. The summed E-state index contributed by atoms with van der Waals surface area (Å²) in [6, 6.07) is 2.67. The highest BCUT2D eigenvalue weighted by molar-refractivity contribution is 5.86. The number of aromatic nitrogens is 1. The van der Waals surface area contributed by atoms with Gasteiger partial charge in [-0.1, -0.05) is 0 Å². The summed E-state index contributed by atoms with van der Waals surface area (Å²) in [6.07, 6.45) is 0.331. The third kappa shape index (κ3) is 3.22. The molecule has 1 aliphatic heterocycles. The molecule has 2 rings (SSSR count). The van der Waals surface area contributed by atoms with Crippen LogP contribution in [-0.4, -0.2) is 46.6 Å². The van der Waals surface area contributed by atoms with Gasteiger partial charge in [0.2, 0.25) is 0 Å². The fourth-order valence-corrected chi connectivity index (χ4v) is 2.54. The molecule has 5 nitrogen and oxygen atoms in total. The van der Waals surface area contributed by atoms with Crippen LogP contribution in [0.15, 0.2) is 23.1 Å². The van der Waals surface area contributed by atoms with Crippen molar-refractivity contribution in [3.63, 3.8) is 0 Å². The van der Waals surface area contributed by atoms with E-state index in [4.69, 9.17) is 5.11 Å². The first-order valence-electron chi connectivity index (χ1n) is 6.44. The van der Waals surface area contributed by atoms with Crippen LogP contribution in [0.4, 0.5) is 8.78 Å². The maximum Gasteiger partial charge on any atom is 0.341 e. The van der Waals surface area contributed by atoms with E-state index in [1.165, 1.54) is 16.7 Å². The summed E-state index contributed by atoms with van der Waals surface area (Å²) in [4.78, 5) is 24.6. The van der Waals surface area contributed by atoms with Gasteiger partial charge in [-0.2, -0.15) is 0 Å². The second kappa shape index (κ2) is 6.13. The van der Waals surface area contributed by atoms with Crippen molar-refractivity contribution < 1.29 is 18.7 Å². The first-order chi connectivity index (χ1) is 9.49.